The maximum atomic E-state index is 10.5. The summed E-state index contributed by atoms with van der Waals surface area (Å²) in [5, 5.41) is 7.94. The molecular weight excluding hydrogens is 254 g/mol. The zero-order chi connectivity index (χ0) is 15.0. The largest absolute Gasteiger partial charge is 0.378 e. The van der Waals surface area contributed by atoms with E-state index in [1.165, 1.54) is 11.3 Å². The first kappa shape index (κ1) is 15.7. The maximum absolute atomic E-state index is 10.5. The van der Waals surface area contributed by atoms with E-state index >= 15 is 0 Å². The molecule has 0 spiro atoms. The van der Waals surface area contributed by atoms with Crippen molar-refractivity contribution in [3.05, 3.63) is 65.7 Å². The monoisotopic (exact) mass is 273 g/mol. The molecule has 2 aromatic rings. The molecule has 0 unspecified atom stereocenters. The van der Waals surface area contributed by atoms with Crippen molar-refractivity contribution in [1.82, 2.24) is 0 Å². The molecule has 0 fully saturated rings. The lowest BCUT2D eigenvalue weighted by molar-refractivity contribution is -0.182. The quantitative estimate of drug-likeness (QED) is 0.673. The van der Waals surface area contributed by atoms with E-state index in [0.717, 1.165) is 0 Å². The number of hydrogen-bond acceptors (Lipinski definition) is 4. The highest BCUT2D eigenvalue weighted by molar-refractivity contribution is 5.88. The third kappa shape index (κ3) is 5.12. The Kier molecular flexibility index (Phi) is 6.26. The number of nitrogens with zero attached hydrogens (tertiary/aromatic N) is 1. The summed E-state index contributed by atoms with van der Waals surface area (Å²) in [6.45, 7) is 2.10. The number of benzene rings is 2. The van der Waals surface area contributed by atoms with Crippen LogP contribution in [0, 0.1) is 6.92 Å². The minimum absolute atomic E-state index is 0.338. The molecule has 0 atom stereocenters. The van der Waals surface area contributed by atoms with Gasteiger partial charge in [0.1, 0.15) is 0 Å². The topological polar surface area (TPSA) is 49.8 Å². The Morgan fingerprint density at radius 1 is 1.00 bits per heavy atom. The summed E-state index contributed by atoms with van der Waals surface area (Å²) >= 11 is 0. The van der Waals surface area contributed by atoms with Gasteiger partial charge >= 0.3 is 5.97 Å². The van der Waals surface area contributed by atoms with E-state index in [2.05, 4.69) is 41.0 Å². The second kappa shape index (κ2) is 7.96. The first-order valence-corrected chi connectivity index (χ1v) is 6.19. The Hall–Kier alpha value is -2.33. The number of aryl methyl sites for hydroxylation is 1. The van der Waals surface area contributed by atoms with Gasteiger partial charge in [-0.1, -0.05) is 35.9 Å². The third-order valence-electron chi connectivity index (χ3n) is 2.64. The number of rotatable bonds is 2. The molecule has 0 aliphatic heterocycles. The van der Waals surface area contributed by atoms with Crippen molar-refractivity contribution in [3.63, 3.8) is 0 Å². The van der Waals surface area contributed by atoms with Crippen molar-refractivity contribution in [2.75, 3.05) is 19.0 Å². The molecule has 0 saturated heterocycles. The fourth-order valence-corrected chi connectivity index (χ4v) is 1.47. The lowest BCUT2D eigenvalue weighted by Crippen LogP contribution is -2.07. The average Bonchev–Trinajstić information content (AvgIpc) is 2.48. The Bertz CT molecular complexity index is 521. The number of hydrogen-bond donors (Lipinski definition) is 1. The molecule has 0 radical (unpaired) electrons. The predicted molar refractivity (Wildman–Crippen MR) is 80.0 cm³/mol. The van der Waals surface area contributed by atoms with Gasteiger partial charge in [0.15, 0.2) is 0 Å². The summed E-state index contributed by atoms with van der Waals surface area (Å²) in [5.41, 5.74) is 2.90. The summed E-state index contributed by atoms with van der Waals surface area (Å²) < 4.78 is 0. The lowest BCUT2D eigenvalue weighted by Gasteiger charge is -2.11. The lowest BCUT2D eigenvalue weighted by atomic mass is 10.2. The van der Waals surface area contributed by atoms with Crippen LogP contribution in [0.1, 0.15) is 15.9 Å². The van der Waals surface area contributed by atoms with E-state index in [1.807, 2.05) is 14.1 Å². The molecule has 1 N–H and O–H groups in total. The number of carbonyl (C=O) groups is 1. The molecule has 0 heterocycles. The summed E-state index contributed by atoms with van der Waals surface area (Å²) in [7, 11) is 4.09. The van der Waals surface area contributed by atoms with Gasteiger partial charge in [0, 0.05) is 19.8 Å². The first-order valence-electron chi connectivity index (χ1n) is 6.19. The van der Waals surface area contributed by atoms with Gasteiger partial charge in [-0.15, -0.1) is 0 Å². The van der Waals surface area contributed by atoms with Crippen molar-refractivity contribution in [2.45, 2.75) is 6.92 Å². The predicted octanol–water partition coefficient (Wildman–Crippen LogP) is 3.38. The van der Waals surface area contributed by atoms with Crippen LogP contribution in [0.2, 0.25) is 0 Å². The highest BCUT2D eigenvalue weighted by Gasteiger charge is 2.02. The van der Waals surface area contributed by atoms with E-state index in [0.29, 0.717) is 5.56 Å². The zero-order valence-electron chi connectivity index (χ0n) is 11.9. The summed E-state index contributed by atoms with van der Waals surface area (Å²) in [6, 6.07) is 16.7. The molecule has 0 aliphatic rings. The molecule has 0 amide bonds. The zero-order valence-corrected chi connectivity index (χ0v) is 11.9. The van der Waals surface area contributed by atoms with E-state index < -0.39 is 5.97 Å². The third-order valence-corrected chi connectivity index (χ3v) is 2.64. The fraction of sp³-hybridized carbons (Fsp3) is 0.188. The van der Waals surface area contributed by atoms with Gasteiger partial charge in [0.25, 0.3) is 0 Å². The Morgan fingerprint density at radius 2 is 1.55 bits per heavy atom. The normalized spacial score (nSPS) is 9.20. The van der Waals surface area contributed by atoms with Crippen LogP contribution < -0.4 is 4.90 Å². The van der Waals surface area contributed by atoms with Crippen LogP contribution >= 0.6 is 0 Å². The SMILES string of the molecule is Cc1ccc(N(C)C)cc1.O=C(OO)c1ccccc1. The van der Waals surface area contributed by atoms with Crippen LogP contribution in [0.3, 0.4) is 0 Å². The van der Waals surface area contributed by atoms with Gasteiger partial charge < -0.3 is 4.90 Å². The average molecular weight is 273 g/mol. The van der Waals surface area contributed by atoms with Crippen molar-refractivity contribution in [1.29, 1.82) is 0 Å². The molecule has 4 nitrogen and oxygen atoms in total. The Labute approximate surface area is 119 Å². The minimum Gasteiger partial charge on any atom is -0.378 e. The maximum Gasteiger partial charge on any atom is 0.372 e. The van der Waals surface area contributed by atoms with Crippen LogP contribution in [-0.2, 0) is 4.89 Å². The Balaban J connectivity index is 0.000000200. The molecule has 4 heteroatoms. The summed E-state index contributed by atoms with van der Waals surface area (Å²) in [4.78, 5) is 16.1. The van der Waals surface area contributed by atoms with Crippen molar-refractivity contribution >= 4 is 11.7 Å². The second-order valence-electron chi connectivity index (χ2n) is 4.47. The highest BCUT2D eigenvalue weighted by Crippen LogP contribution is 2.10. The molecule has 2 rings (SSSR count). The standard InChI is InChI=1S/C9H13N.C7H6O3/c1-8-4-6-9(7-5-8)10(2)3;8-7(10-9)6-4-2-1-3-5-6/h4-7H,1-3H3;1-5,9H. The van der Waals surface area contributed by atoms with Crippen molar-refractivity contribution in [2.24, 2.45) is 0 Å². The van der Waals surface area contributed by atoms with Crippen molar-refractivity contribution in [3.8, 4) is 0 Å². The van der Waals surface area contributed by atoms with E-state index in [9.17, 15) is 4.79 Å². The van der Waals surface area contributed by atoms with E-state index in [4.69, 9.17) is 5.26 Å². The van der Waals surface area contributed by atoms with Crippen LogP contribution in [0.15, 0.2) is 54.6 Å². The molecule has 0 aliphatic carbocycles. The van der Waals surface area contributed by atoms with E-state index in [1.54, 1.807) is 30.3 Å². The first-order chi connectivity index (χ1) is 9.54. The molecule has 20 heavy (non-hydrogen) atoms. The highest BCUT2D eigenvalue weighted by atomic mass is 17.1. The van der Waals surface area contributed by atoms with Gasteiger partial charge in [-0.2, -0.15) is 5.26 Å². The van der Waals surface area contributed by atoms with Gasteiger partial charge in [-0.25, -0.2) is 4.79 Å². The molecule has 106 valence electrons. The van der Waals surface area contributed by atoms with Crippen LogP contribution in [-0.4, -0.2) is 25.3 Å². The second-order valence-corrected chi connectivity index (χ2v) is 4.47. The van der Waals surface area contributed by atoms with Crippen LogP contribution in [0.4, 0.5) is 5.69 Å². The summed E-state index contributed by atoms with van der Waals surface area (Å²) in [5.74, 6) is -0.736. The van der Waals surface area contributed by atoms with E-state index in [-0.39, 0.29) is 0 Å². The summed E-state index contributed by atoms with van der Waals surface area (Å²) in [6.07, 6.45) is 0. The number of anilines is 1. The minimum atomic E-state index is -0.736. The van der Waals surface area contributed by atoms with Crippen LogP contribution in [0.5, 0.6) is 0 Å². The molecular formula is C16H19NO3. The molecule has 0 bridgehead atoms. The molecule has 0 saturated carbocycles. The molecule has 0 aromatic heterocycles. The van der Waals surface area contributed by atoms with Crippen molar-refractivity contribution < 1.29 is 14.9 Å². The smallest absolute Gasteiger partial charge is 0.372 e. The van der Waals surface area contributed by atoms with Gasteiger partial charge in [0.05, 0.1) is 5.56 Å². The molecule has 2 aromatic carbocycles. The fourth-order valence-electron chi connectivity index (χ4n) is 1.47. The van der Waals surface area contributed by atoms with Gasteiger partial charge in [-0.05, 0) is 31.2 Å². The van der Waals surface area contributed by atoms with Crippen LogP contribution in [0.25, 0.3) is 0 Å². The number of carbonyl (C=O) groups excluding carboxylic acids is 1. The Morgan fingerprint density at radius 3 is 2.00 bits per heavy atom. The van der Waals surface area contributed by atoms with Gasteiger partial charge in [0.2, 0.25) is 0 Å². The van der Waals surface area contributed by atoms with Gasteiger partial charge in [-0.3, -0.25) is 4.89 Å².